The van der Waals surface area contributed by atoms with Crippen LogP contribution in [0.4, 0.5) is 0 Å². The molecule has 0 bridgehead atoms. The number of hydrogen-bond acceptors (Lipinski definition) is 3. The fourth-order valence-corrected chi connectivity index (χ4v) is 1.62. The summed E-state index contributed by atoms with van der Waals surface area (Å²) in [6.07, 6.45) is 0.0833. The van der Waals surface area contributed by atoms with Gasteiger partial charge in [0.15, 0.2) is 0 Å². The molecule has 56 valence electrons. The third-order valence-corrected chi connectivity index (χ3v) is 2.32. The number of methoxy groups -OCH3 is 1. The quantitative estimate of drug-likeness (QED) is 0.719. The van der Waals surface area contributed by atoms with Crippen LogP contribution in [0.1, 0.15) is 11.0 Å². The molecule has 1 atom stereocenters. The first-order valence-electron chi connectivity index (χ1n) is 3.14. The Morgan fingerprint density at radius 2 is 2.60 bits per heavy atom. The van der Waals surface area contributed by atoms with Crippen LogP contribution >= 0.6 is 11.3 Å². The topological polar surface area (TPSA) is 35.2 Å². The Hall–Kier alpha value is -0.380. The minimum atomic E-state index is 0.0833. The average Bonchev–Trinajstić information content (AvgIpc) is 2.43. The standard InChI is InChI=1S/C7H11NOS/c1-9-6(5-8)7-3-2-4-10-7/h2-4,6H,5,8H2,1H3/t6-/m0/s1. The van der Waals surface area contributed by atoms with E-state index in [1.807, 2.05) is 17.5 Å². The van der Waals surface area contributed by atoms with Crippen LogP contribution in [0.5, 0.6) is 0 Å². The molecule has 0 aliphatic carbocycles. The van der Waals surface area contributed by atoms with Gasteiger partial charge >= 0.3 is 0 Å². The summed E-state index contributed by atoms with van der Waals surface area (Å²) in [6.45, 7) is 0.553. The van der Waals surface area contributed by atoms with Crippen LogP contribution in [-0.4, -0.2) is 13.7 Å². The third kappa shape index (κ3) is 1.56. The number of hydrogen-bond donors (Lipinski definition) is 1. The van der Waals surface area contributed by atoms with E-state index >= 15 is 0 Å². The first kappa shape index (κ1) is 7.72. The van der Waals surface area contributed by atoms with Crippen LogP contribution in [0, 0.1) is 0 Å². The highest BCUT2D eigenvalue weighted by Crippen LogP contribution is 2.19. The van der Waals surface area contributed by atoms with Crippen molar-refractivity contribution in [2.45, 2.75) is 6.10 Å². The monoisotopic (exact) mass is 157 g/mol. The van der Waals surface area contributed by atoms with Gasteiger partial charge < -0.3 is 10.5 Å². The molecule has 0 radical (unpaired) electrons. The van der Waals surface area contributed by atoms with E-state index in [1.54, 1.807) is 18.4 Å². The Morgan fingerprint density at radius 3 is 3.00 bits per heavy atom. The highest BCUT2D eigenvalue weighted by Gasteiger charge is 2.07. The molecular formula is C7H11NOS. The number of thiophene rings is 1. The van der Waals surface area contributed by atoms with Crippen LogP contribution in [-0.2, 0) is 4.74 Å². The maximum absolute atomic E-state index is 5.46. The predicted molar refractivity (Wildman–Crippen MR) is 43.1 cm³/mol. The van der Waals surface area contributed by atoms with Gasteiger partial charge in [-0.1, -0.05) is 6.07 Å². The number of ether oxygens (including phenoxy) is 1. The van der Waals surface area contributed by atoms with Crippen LogP contribution < -0.4 is 5.73 Å². The summed E-state index contributed by atoms with van der Waals surface area (Å²) in [4.78, 5) is 1.20. The van der Waals surface area contributed by atoms with Crippen LogP contribution in [0.15, 0.2) is 17.5 Å². The third-order valence-electron chi connectivity index (χ3n) is 1.36. The van der Waals surface area contributed by atoms with Gasteiger partial charge in [0.25, 0.3) is 0 Å². The summed E-state index contributed by atoms with van der Waals surface area (Å²) in [5, 5.41) is 2.02. The molecule has 0 saturated carbocycles. The van der Waals surface area contributed by atoms with Crippen molar-refractivity contribution in [2.24, 2.45) is 5.73 Å². The van der Waals surface area contributed by atoms with Crippen molar-refractivity contribution in [3.63, 3.8) is 0 Å². The molecule has 2 N–H and O–H groups in total. The van der Waals surface area contributed by atoms with Crippen molar-refractivity contribution in [1.29, 1.82) is 0 Å². The van der Waals surface area contributed by atoms with E-state index in [-0.39, 0.29) is 6.10 Å². The largest absolute Gasteiger partial charge is 0.375 e. The lowest BCUT2D eigenvalue weighted by Gasteiger charge is -2.08. The molecule has 0 aliphatic rings. The average molecular weight is 157 g/mol. The first-order valence-corrected chi connectivity index (χ1v) is 4.02. The maximum atomic E-state index is 5.46. The van der Waals surface area contributed by atoms with Crippen molar-refractivity contribution < 1.29 is 4.74 Å². The van der Waals surface area contributed by atoms with Gasteiger partial charge in [-0.3, -0.25) is 0 Å². The van der Waals surface area contributed by atoms with E-state index in [2.05, 4.69) is 0 Å². The Labute approximate surface area is 64.6 Å². The zero-order valence-corrected chi connectivity index (χ0v) is 6.73. The molecule has 2 nitrogen and oxygen atoms in total. The molecule has 0 unspecified atom stereocenters. The van der Waals surface area contributed by atoms with Gasteiger partial charge in [0.05, 0.1) is 0 Å². The second-order valence-corrected chi connectivity index (χ2v) is 2.95. The van der Waals surface area contributed by atoms with E-state index in [4.69, 9.17) is 10.5 Å². The normalized spacial score (nSPS) is 13.4. The summed E-state index contributed by atoms with van der Waals surface area (Å²) in [5.74, 6) is 0. The minimum Gasteiger partial charge on any atom is -0.375 e. The molecule has 0 aliphatic heterocycles. The van der Waals surface area contributed by atoms with Crippen molar-refractivity contribution in [2.75, 3.05) is 13.7 Å². The summed E-state index contributed by atoms with van der Waals surface area (Å²) < 4.78 is 5.13. The SMILES string of the molecule is CO[C@@H](CN)c1cccs1. The van der Waals surface area contributed by atoms with E-state index in [9.17, 15) is 0 Å². The highest BCUT2D eigenvalue weighted by molar-refractivity contribution is 7.10. The Bertz CT molecular complexity index is 170. The van der Waals surface area contributed by atoms with Gasteiger partial charge in [0.2, 0.25) is 0 Å². The Balaban J connectivity index is 2.64. The molecular weight excluding hydrogens is 146 g/mol. The van der Waals surface area contributed by atoms with Crippen molar-refractivity contribution in [3.05, 3.63) is 22.4 Å². The molecule has 0 fully saturated rings. The molecule has 0 amide bonds. The fraction of sp³-hybridized carbons (Fsp3) is 0.429. The van der Waals surface area contributed by atoms with E-state index < -0.39 is 0 Å². The maximum Gasteiger partial charge on any atom is 0.103 e. The number of nitrogens with two attached hydrogens (primary N) is 1. The summed E-state index contributed by atoms with van der Waals surface area (Å²) in [6, 6.07) is 4.04. The van der Waals surface area contributed by atoms with Gasteiger partial charge in [-0.15, -0.1) is 11.3 Å². The number of rotatable bonds is 3. The molecule has 0 aromatic carbocycles. The summed E-state index contributed by atoms with van der Waals surface area (Å²) in [5.41, 5.74) is 5.46. The molecule has 1 aromatic rings. The predicted octanol–water partition coefficient (Wildman–Crippen LogP) is 1.39. The van der Waals surface area contributed by atoms with Gasteiger partial charge in [-0.2, -0.15) is 0 Å². The van der Waals surface area contributed by atoms with E-state index in [0.717, 1.165) is 0 Å². The minimum absolute atomic E-state index is 0.0833. The van der Waals surface area contributed by atoms with Gasteiger partial charge in [0.1, 0.15) is 6.10 Å². The molecule has 1 aromatic heterocycles. The molecule has 10 heavy (non-hydrogen) atoms. The van der Waals surface area contributed by atoms with Crippen LogP contribution in [0.3, 0.4) is 0 Å². The van der Waals surface area contributed by atoms with Gasteiger partial charge in [0, 0.05) is 18.5 Å². The zero-order valence-electron chi connectivity index (χ0n) is 5.91. The molecule has 3 heteroatoms. The second kappa shape index (κ2) is 3.71. The lowest BCUT2D eigenvalue weighted by molar-refractivity contribution is 0.113. The lowest BCUT2D eigenvalue weighted by Crippen LogP contribution is -2.12. The van der Waals surface area contributed by atoms with E-state index in [0.29, 0.717) is 6.54 Å². The van der Waals surface area contributed by atoms with E-state index in [1.165, 1.54) is 4.88 Å². The van der Waals surface area contributed by atoms with Crippen molar-refractivity contribution in [1.82, 2.24) is 0 Å². The zero-order chi connectivity index (χ0) is 7.40. The molecule has 0 saturated heterocycles. The van der Waals surface area contributed by atoms with Crippen molar-refractivity contribution in [3.8, 4) is 0 Å². The molecule has 1 rings (SSSR count). The second-order valence-electron chi connectivity index (χ2n) is 1.98. The lowest BCUT2D eigenvalue weighted by atomic mass is 10.3. The summed E-state index contributed by atoms with van der Waals surface area (Å²) >= 11 is 1.68. The van der Waals surface area contributed by atoms with Gasteiger partial charge in [-0.25, -0.2) is 0 Å². The van der Waals surface area contributed by atoms with Crippen molar-refractivity contribution >= 4 is 11.3 Å². The fourth-order valence-electron chi connectivity index (χ4n) is 0.803. The molecule has 0 spiro atoms. The van der Waals surface area contributed by atoms with Crippen LogP contribution in [0.25, 0.3) is 0 Å². The Morgan fingerprint density at radius 1 is 1.80 bits per heavy atom. The smallest absolute Gasteiger partial charge is 0.103 e. The van der Waals surface area contributed by atoms with Crippen LogP contribution in [0.2, 0.25) is 0 Å². The first-order chi connectivity index (χ1) is 4.88. The highest BCUT2D eigenvalue weighted by atomic mass is 32.1. The molecule has 1 heterocycles. The Kier molecular flexibility index (Phi) is 2.86. The van der Waals surface area contributed by atoms with Gasteiger partial charge in [-0.05, 0) is 11.4 Å². The summed E-state index contributed by atoms with van der Waals surface area (Å²) in [7, 11) is 1.68.